The van der Waals surface area contributed by atoms with Crippen molar-refractivity contribution in [3.8, 4) is 50.2 Å². The molecule has 0 saturated carbocycles. The Hall–Kier alpha value is -7.94. The predicted octanol–water partition coefficient (Wildman–Crippen LogP) is 16.1. The van der Waals surface area contributed by atoms with Crippen LogP contribution < -0.4 is 4.90 Å². The van der Waals surface area contributed by atoms with E-state index in [2.05, 4.69) is 252 Å². The van der Waals surface area contributed by atoms with E-state index < -0.39 is 0 Å². The molecule has 0 atom stereocenters. The van der Waals surface area contributed by atoms with Gasteiger partial charge in [-0.05, 0) is 104 Å². The zero-order valence-corrected chi connectivity index (χ0v) is 33.0. The van der Waals surface area contributed by atoms with Gasteiger partial charge >= 0.3 is 0 Å². The van der Waals surface area contributed by atoms with Gasteiger partial charge in [0.15, 0.2) is 0 Å². The molecule has 0 radical (unpaired) electrons. The summed E-state index contributed by atoms with van der Waals surface area (Å²) in [6.45, 7) is 0. The highest BCUT2D eigenvalue weighted by atomic mass is 15.1. The van der Waals surface area contributed by atoms with E-state index in [1.165, 1.54) is 71.5 Å². The third-order valence-corrected chi connectivity index (χ3v) is 11.8. The first-order valence-corrected chi connectivity index (χ1v) is 20.6. The number of rotatable bonds is 8. The van der Waals surface area contributed by atoms with E-state index in [4.69, 9.17) is 0 Å². The monoisotopic (exact) mass is 764 g/mol. The highest BCUT2D eigenvalue weighted by molar-refractivity contribution is 6.18. The van der Waals surface area contributed by atoms with Gasteiger partial charge in [0.1, 0.15) is 0 Å². The number of benzene rings is 10. The average Bonchev–Trinajstić information content (AvgIpc) is 3.67. The van der Waals surface area contributed by atoms with Gasteiger partial charge < -0.3 is 9.47 Å². The summed E-state index contributed by atoms with van der Waals surface area (Å²) in [7, 11) is 0. The first kappa shape index (κ1) is 35.2. The van der Waals surface area contributed by atoms with Gasteiger partial charge in [-0.15, -0.1) is 0 Å². The molecule has 0 fully saturated rings. The molecule has 282 valence electrons. The molecule has 2 heteroatoms. The fourth-order valence-corrected chi connectivity index (χ4v) is 8.98. The summed E-state index contributed by atoms with van der Waals surface area (Å²) in [6, 6.07) is 87.7. The summed E-state index contributed by atoms with van der Waals surface area (Å²) in [4.78, 5) is 2.33. The lowest BCUT2D eigenvalue weighted by molar-refractivity contribution is 1.18. The molecule has 0 bridgehead atoms. The minimum absolute atomic E-state index is 1.10. The summed E-state index contributed by atoms with van der Waals surface area (Å²) in [5.41, 5.74) is 16.5. The van der Waals surface area contributed by atoms with Crippen LogP contribution in [0.3, 0.4) is 0 Å². The molecular formula is C58H40N2. The SMILES string of the molecule is c1ccc(-c2ccc(-c3ccc(N(c4ccccc4)c4ccc(-c5ccccc5-n5c6ccccc6c6c(-c7cccc8ccccc78)cccc65)cc4)cc3)cc2)cc1. The minimum Gasteiger partial charge on any atom is -0.311 e. The maximum absolute atomic E-state index is 2.45. The molecular weight excluding hydrogens is 725 g/mol. The second-order valence-electron chi connectivity index (χ2n) is 15.3. The van der Waals surface area contributed by atoms with Crippen molar-refractivity contribution >= 4 is 49.6 Å². The second kappa shape index (κ2) is 15.1. The lowest BCUT2D eigenvalue weighted by atomic mass is 9.95. The van der Waals surface area contributed by atoms with Gasteiger partial charge in [0, 0.05) is 33.4 Å². The first-order chi connectivity index (χ1) is 29.8. The van der Waals surface area contributed by atoms with E-state index in [0.717, 1.165) is 28.3 Å². The molecule has 60 heavy (non-hydrogen) atoms. The van der Waals surface area contributed by atoms with E-state index in [-0.39, 0.29) is 0 Å². The largest absolute Gasteiger partial charge is 0.311 e. The summed E-state index contributed by atoms with van der Waals surface area (Å²) >= 11 is 0. The van der Waals surface area contributed by atoms with Gasteiger partial charge in [-0.25, -0.2) is 0 Å². The van der Waals surface area contributed by atoms with Crippen molar-refractivity contribution in [3.63, 3.8) is 0 Å². The fourth-order valence-electron chi connectivity index (χ4n) is 8.98. The molecule has 0 amide bonds. The van der Waals surface area contributed by atoms with Gasteiger partial charge in [0.05, 0.1) is 16.7 Å². The number of hydrogen-bond donors (Lipinski definition) is 0. The van der Waals surface area contributed by atoms with Crippen molar-refractivity contribution in [3.05, 3.63) is 243 Å². The number of hydrogen-bond acceptors (Lipinski definition) is 1. The highest BCUT2D eigenvalue weighted by Crippen LogP contribution is 2.43. The van der Waals surface area contributed by atoms with Gasteiger partial charge in [0.2, 0.25) is 0 Å². The number of anilines is 3. The van der Waals surface area contributed by atoms with Crippen molar-refractivity contribution in [2.75, 3.05) is 4.90 Å². The molecule has 0 aliphatic carbocycles. The fraction of sp³-hybridized carbons (Fsp3) is 0. The van der Waals surface area contributed by atoms with Crippen LogP contribution in [0.1, 0.15) is 0 Å². The van der Waals surface area contributed by atoms with Crippen molar-refractivity contribution < 1.29 is 0 Å². The van der Waals surface area contributed by atoms with Gasteiger partial charge in [-0.3, -0.25) is 0 Å². The molecule has 0 aliphatic rings. The van der Waals surface area contributed by atoms with E-state index >= 15 is 0 Å². The molecule has 0 saturated heterocycles. The highest BCUT2D eigenvalue weighted by Gasteiger charge is 2.20. The van der Waals surface area contributed by atoms with E-state index in [1.807, 2.05) is 0 Å². The van der Waals surface area contributed by atoms with E-state index in [1.54, 1.807) is 0 Å². The van der Waals surface area contributed by atoms with Crippen LogP contribution in [0.25, 0.3) is 82.8 Å². The summed E-state index contributed by atoms with van der Waals surface area (Å²) in [5, 5.41) is 5.02. The van der Waals surface area contributed by atoms with Gasteiger partial charge in [0.25, 0.3) is 0 Å². The topological polar surface area (TPSA) is 8.17 Å². The number of nitrogens with zero attached hydrogens (tertiary/aromatic N) is 2. The first-order valence-electron chi connectivity index (χ1n) is 20.6. The van der Waals surface area contributed by atoms with Crippen LogP contribution in [0.4, 0.5) is 17.1 Å². The summed E-state index contributed by atoms with van der Waals surface area (Å²) < 4.78 is 2.45. The molecule has 11 rings (SSSR count). The molecule has 0 spiro atoms. The molecule has 0 N–H and O–H groups in total. The van der Waals surface area contributed by atoms with Crippen LogP contribution in [-0.2, 0) is 0 Å². The Kier molecular flexibility index (Phi) is 8.87. The number of para-hydroxylation sites is 3. The van der Waals surface area contributed by atoms with Crippen molar-refractivity contribution in [1.82, 2.24) is 4.57 Å². The second-order valence-corrected chi connectivity index (χ2v) is 15.3. The smallest absolute Gasteiger partial charge is 0.0547 e. The van der Waals surface area contributed by atoms with E-state index in [9.17, 15) is 0 Å². The summed E-state index contributed by atoms with van der Waals surface area (Å²) in [5.74, 6) is 0. The Morgan fingerprint density at radius 3 is 1.43 bits per heavy atom. The van der Waals surface area contributed by atoms with Gasteiger partial charge in [-0.1, -0.05) is 188 Å². The van der Waals surface area contributed by atoms with Crippen molar-refractivity contribution in [2.24, 2.45) is 0 Å². The third kappa shape index (κ3) is 6.23. The minimum atomic E-state index is 1.10. The predicted molar refractivity (Wildman–Crippen MR) is 255 cm³/mol. The zero-order chi connectivity index (χ0) is 39.8. The molecule has 1 aromatic heterocycles. The Morgan fingerprint density at radius 2 is 0.717 bits per heavy atom. The molecule has 2 nitrogen and oxygen atoms in total. The molecule has 10 aromatic carbocycles. The van der Waals surface area contributed by atoms with Crippen LogP contribution in [-0.4, -0.2) is 4.57 Å². The quantitative estimate of drug-likeness (QED) is 0.150. The normalized spacial score (nSPS) is 11.3. The maximum atomic E-state index is 2.45. The van der Waals surface area contributed by atoms with Crippen LogP contribution in [0.5, 0.6) is 0 Å². The third-order valence-electron chi connectivity index (χ3n) is 11.8. The molecule has 1 heterocycles. The lowest BCUT2D eigenvalue weighted by Gasteiger charge is -2.26. The van der Waals surface area contributed by atoms with Crippen LogP contribution in [0.2, 0.25) is 0 Å². The van der Waals surface area contributed by atoms with Crippen LogP contribution in [0, 0.1) is 0 Å². The zero-order valence-electron chi connectivity index (χ0n) is 33.0. The average molecular weight is 765 g/mol. The standard InChI is InChI=1S/C58H40N2/c1-3-15-41(16-4-1)42-29-31-43(32-30-42)44-33-37-48(38-34-44)59(47-19-5-2-6-20-47)49-39-35-46(36-40-49)51-22-9-11-26-55(51)60-56-27-12-10-23-54(56)58-53(25-14-28-57(58)60)52-24-13-18-45-17-7-8-21-50(45)52/h1-40H. The number of fused-ring (bicyclic) bond motifs is 4. The molecule has 11 aromatic rings. The Balaban J connectivity index is 0.973. The number of aromatic nitrogens is 1. The Labute approximate surface area is 350 Å². The van der Waals surface area contributed by atoms with Crippen LogP contribution in [0.15, 0.2) is 243 Å². The lowest BCUT2D eigenvalue weighted by Crippen LogP contribution is -2.09. The molecule has 0 unspecified atom stereocenters. The molecule has 0 aliphatic heterocycles. The van der Waals surface area contributed by atoms with Gasteiger partial charge in [-0.2, -0.15) is 0 Å². The Morgan fingerprint density at radius 1 is 0.267 bits per heavy atom. The van der Waals surface area contributed by atoms with E-state index in [0.29, 0.717) is 0 Å². The summed E-state index contributed by atoms with van der Waals surface area (Å²) in [6.07, 6.45) is 0. The maximum Gasteiger partial charge on any atom is 0.0547 e. The Bertz CT molecular complexity index is 3270. The van der Waals surface area contributed by atoms with Crippen molar-refractivity contribution in [2.45, 2.75) is 0 Å². The van der Waals surface area contributed by atoms with Crippen molar-refractivity contribution in [1.29, 1.82) is 0 Å². The van der Waals surface area contributed by atoms with Crippen LogP contribution >= 0.6 is 0 Å².